The first-order valence-electron chi connectivity index (χ1n) is 5.70. The Morgan fingerprint density at radius 3 is 2.71 bits per heavy atom. The molecule has 4 heteroatoms. The van der Waals surface area contributed by atoms with Crippen molar-refractivity contribution in [1.29, 1.82) is 0 Å². The number of nitrogens with one attached hydrogen (secondary N) is 1. The molecule has 0 fully saturated rings. The third kappa shape index (κ3) is 2.22. The van der Waals surface area contributed by atoms with Gasteiger partial charge in [0.25, 0.3) is 5.56 Å². The van der Waals surface area contributed by atoms with Crippen molar-refractivity contribution >= 4 is 15.9 Å². The van der Waals surface area contributed by atoms with Gasteiger partial charge < -0.3 is 0 Å². The van der Waals surface area contributed by atoms with E-state index in [-0.39, 0.29) is 5.56 Å². The largest absolute Gasteiger partial charge is 0.294 e. The monoisotopic (exact) mass is 294 g/mol. The van der Waals surface area contributed by atoms with Gasteiger partial charge in [0.05, 0.1) is 11.4 Å². The van der Waals surface area contributed by atoms with Crippen LogP contribution in [0.1, 0.15) is 24.6 Å². The van der Waals surface area contributed by atoms with Crippen molar-refractivity contribution in [2.75, 3.05) is 0 Å². The predicted molar refractivity (Wildman–Crippen MR) is 72.8 cm³/mol. The van der Waals surface area contributed by atoms with E-state index in [0.29, 0.717) is 4.47 Å². The number of para-hydroxylation sites is 1. The maximum atomic E-state index is 12.1. The lowest BCUT2D eigenvalue weighted by Crippen LogP contribution is -2.15. The lowest BCUT2D eigenvalue weighted by molar-refractivity contribution is 0.789. The summed E-state index contributed by atoms with van der Waals surface area (Å²) in [6, 6.07) is 7.84. The third-order valence-electron chi connectivity index (χ3n) is 2.76. The lowest BCUT2D eigenvalue weighted by Gasteiger charge is -2.05. The molecule has 0 aliphatic heterocycles. The van der Waals surface area contributed by atoms with Gasteiger partial charge in [-0.1, -0.05) is 31.5 Å². The SMILES string of the molecule is CCCc1[nH]n(-c2ccccc2C)c(=O)c1Br. The molecule has 0 amide bonds. The van der Waals surface area contributed by atoms with E-state index in [1.165, 1.54) is 0 Å². The minimum atomic E-state index is -0.0252. The summed E-state index contributed by atoms with van der Waals surface area (Å²) in [5.74, 6) is 0. The number of rotatable bonds is 3. The van der Waals surface area contributed by atoms with Gasteiger partial charge in [-0.3, -0.25) is 9.89 Å². The fourth-order valence-corrected chi connectivity index (χ4v) is 2.33. The summed E-state index contributed by atoms with van der Waals surface area (Å²) in [6.45, 7) is 4.09. The molecule has 0 bridgehead atoms. The Kier molecular flexibility index (Phi) is 3.52. The van der Waals surface area contributed by atoms with Crippen LogP contribution in [-0.4, -0.2) is 9.78 Å². The number of H-pyrrole nitrogens is 1. The molecule has 0 atom stereocenters. The first kappa shape index (κ1) is 12.2. The number of aryl methyl sites for hydroxylation is 2. The van der Waals surface area contributed by atoms with Gasteiger partial charge in [0, 0.05) is 0 Å². The number of aromatic amines is 1. The Balaban J connectivity index is 2.58. The second-order valence-corrected chi connectivity index (χ2v) is 4.87. The van der Waals surface area contributed by atoms with Crippen LogP contribution in [0.15, 0.2) is 33.5 Å². The summed E-state index contributed by atoms with van der Waals surface area (Å²) < 4.78 is 2.24. The standard InChI is InChI=1S/C13H15BrN2O/c1-3-6-10-12(14)13(17)16(15-10)11-8-5-4-7-9(11)2/h4-5,7-8,15H,3,6H2,1-2H3. The van der Waals surface area contributed by atoms with Crippen LogP contribution in [0.4, 0.5) is 0 Å². The summed E-state index contributed by atoms with van der Waals surface area (Å²) in [4.78, 5) is 12.1. The normalized spacial score (nSPS) is 10.8. The van der Waals surface area contributed by atoms with Crippen molar-refractivity contribution in [3.63, 3.8) is 0 Å². The van der Waals surface area contributed by atoms with E-state index < -0.39 is 0 Å². The Morgan fingerprint density at radius 1 is 1.35 bits per heavy atom. The van der Waals surface area contributed by atoms with Gasteiger partial charge in [-0.25, -0.2) is 4.68 Å². The molecule has 0 saturated heterocycles. The predicted octanol–water partition coefficient (Wildman–Crippen LogP) is 3.19. The Hall–Kier alpha value is -1.29. The zero-order valence-electron chi connectivity index (χ0n) is 9.96. The Morgan fingerprint density at radius 2 is 2.06 bits per heavy atom. The number of hydrogen-bond acceptors (Lipinski definition) is 1. The molecule has 0 aliphatic rings. The van der Waals surface area contributed by atoms with E-state index in [1.807, 2.05) is 31.2 Å². The topological polar surface area (TPSA) is 37.8 Å². The van der Waals surface area contributed by atoms with E-state index in [1.54, 1.807) is 4.68 Å². The van der Waals surface area contributed by atoms with Crippen LogP contribution >= 0.6 is 15.9 Å². The molecule has 1 aromatic carbocycles. The van der Waals surface area contributed by atoms with Gasteiger partial charge in [-0.2, -0.15) is 0 Å². The van der Waals surface area contributed by atoms with Crippen LogP contribution in [0.3, 0.4) is 0 Å². The van der Waals surface area contributed by atoms with Crippen molar-refractivity contribution in [1.82, 2.24) is 9.78 Å². The molecule has 90 valence electrons. The highest BCUT2D eigenvalue weighted by Gasteiger charge is 2.12. The lowest BCUT2D eigenvalue weighted by atomic mass is 10.2. The molecule has 0 unspecified atom stereocenters. The van der Waals surface area contributed by atoms with E-state index in [2.05, 4.69) is 28.0 Å². The van der Waals surface area contributed by atoms with Crippen LogP contribution in [0.2, 0.25) is 0 Å². The second kappa shape index (κ2) is 4.92. The molecule has 0 saturated carbocycles. The number of hydrogen-bond donors (Lipinski definition) is 1. The first-order chi connectivity index (χ1) is 8.15. The summed E-state index contributed by atoms with van der Waals surface area (Å²) in [7, 11) is 0. The molecule has 1 aromatic heterocycles. The van der Waals surface area contributed by atoms with Crippen molar-refractivity contribution in [3.05, 3.63) is 50.3 Å². The quantitative estimate of drug-likeness (QED) is 0.927. The summed E-state index contributed by atoms with van der Waals surface area (Å²) in [5.41, 5.74) is 2.91. The Bertz CT molecular complexity index is 583. The average Bonchev–Trinajstić information content (AvgIpc) is 2.59. The number of aromatic nitrogens is 2. The number of nitrogens with zero attached hydrogens (tertiary/aromatic N) is 1. The van der Waals surface area contributed by atoms with Crippen molar-refractivity contribution in [3.8, 4) is 5.69 Å². The van der Waals surface area contributed by atoms with Crippen molar-refractivity contribution in [2.24, 2.45) is 0 Å². The number of benzene rings is 1. The van der Waals surface area contributed by atoms with E-state index in [9.17, 15) is 4.79 Å². The van der Waals surface area contributed by atoms with Gasteiger partial charge in [0.1, 0.15) is 4.47 Å². The van der Waals surface area contributed by atoms with Crippen LogP contribution in [0.5, 0.6) is 0 Å². The second-order valence-electron chi connectivity index (χ2n) is 4.08. The van der Waals surface area contributed by atoms with E-state index >= 15 is 0 Å². The highest BCUT2D eigenvalue weighted by atomic mass is 79.9. The summed E-state index contributed by atoms with van der Waals surface area (Å²) >= 11 is 3.36. The zero-order chi connectivity index (χ0) is 12.4. The van der Waals surface area contributed by atoms with Crippen LogP contribution < -0.4 is 5.56 Å². The molecule has 17 heavy (non-hydrogen) atoms. The van der Waals surface area contributed by atoms with E-state index in [4.69, 9.17) is 0 Å². The maximum absolute atomic E-state index is 12.1. The zero-order valence-corrected chi connectivity index (χ0v) is 11.5. The number of halogens is 1. The van der Waals surface area contributed by atoms with Crippen LogP contribution in [-0.2, 0) is 6.42 Å². The van der Waals surface area contributed by atoms with Gasteiger partial charge in [0.2, 0.25) is 0 Å². The smallest absolute Gasteiger partial charge is 0.285 e. The van der Waals surface area contributed by atoms with Crippen molar-refractivity contribution < 1.29 is 0 Å². The van der Waals surface area contributed by atoms with Crippen LogP contribution in [0.25, 0.3) is 5.69 Å². The molecule has 1 N–H and O–H groups in total. The molecule has 3 nitrogen and oxygen atoms in total. The minimum absolute atomic E-state index is 0.0252. The summed E-state index contributed by atoms with van der Waals surface area (Å²) in [6.07, 6.45) is 1.88. The highest BCUT2D eigenvalue weighted by molar-refractivity contribution is 9.10. The fourth-order valence-electron chi connectivity index (χ4n) is 1.86. The molecular formula is C13H15BrN2O. The van der Waals surface area contributed by atoms with Crippen LogP contribution in [0, 0.1) is 6.92 Å². The molecule has 0 radical (unpaired) electrons. The van der Waals surface area contributed by atoms with Gasteiger partial charge in [0.15, 0.2) is 0 Å². The highest BCUT2D eigenvalue weighted by Crippen LogP contribution is 2.16. The van der Waals surface area contributed by atoms with Crippen molar-refractivity contribution in [2.45, 2.75) is 26.7 Å². The average molecular weight is 295 g/mol. The first-order valence-corrected chi connectivity index (χ1v) is 6.49. The third-order valence-corrected chi connectivity index (χ3v) is 3.58. The summed E-state index contributed by atoms with van der Waals surface area (Å²) in [5, 5.41) is 3.17. The fraction of sp³-hybridized carbons (Fsp3) is 0.308. The molecular weight excluding hydrogens is 280 g/mol. The molecule has 1 heterocycles. The van der Waals surface area contributed by atoms with E-state index in [0.717, 1.165) is 29.8 Å². The molecule has 0 aliphatic carbocycles. The molecule has 2 rings (SSSR count). The molecule has 0 spiro atoms. The van der Waals surface area contributed by atoms with Gasteiger partial charge in [-0.05, 0) is 40.9 Å². The molecule has 2 aromatic rings. The van der Waals surface area contributed by atoms with Gasteiger partial charge in [-0.15, -0.1) is 0 Å². The Labute approximate surface area is 109 Å². The van der Waals surface area contributed by atoms with Gasteiger partial charge >= 0.3 is 0 Å². The maximum Gasteiger partial charge on any atom is 0.285 e. The minimum Gasteiger partial charge on any atom is -0.294 e.